The van der Waals surface area contributed by atoms with Crippen LogP contribution in [0.3, 0.4) is 0 Å². The highest BCUT2D eigenvalue weighted by molar-refractivity contribution is 5.77. The molecule has 0 saturated heterocycles. The largest absolute Gasteiger partial charge is 0.522 e. The topological polar surface area (TPSA) is 56.5 Å². The molecule has 0 aliphatic heterocycles. The molecule has 3 N–H and O–H groups in total. The third kappa shape index (κ3) is 18.8. The van der Waals surface area contributed by atoms with E-state index >= 15 is 0 Å². The lowest BCUT2D eigenvalue weighted by molar-refractivity contribution is -0.322. The fourth-order valence-corrected chi connectivity index (χ4v) is 4.04. The van der Waals surface area contributed by atoms with Crippen LogP contribution in [0.1, 0.15) is 48.9 Å². The Balaban J connectivity index is 0. The zero-order valence-corrected chi connectivity index (χ0v) is 29.6. The van der Waals surface area contributed by atoms with Gasteiger partial charge in [-0.3, -0.25) is 4.74 Å². The molecule has 0 saturated carbocycles. The number of aryl methyl sites for hydroxylation is 1. The van der Waals surface area contributed by atoms with E-state index in [4.69, 9.17) is 5.73 Å². The maximum atomic E-state index is 14.8. The van der Waals surface area contributed by atoms with E-state index in [1.165, 1.54) is 24.6 Å². The van der Waals surface area contributed by atoms with E-state index in [0.29, 0.717) is 23.8 Å². The van der Waals surface area contributed by atoms with Gasteiger partial charge in [0, 0.05) is 18.2 Å². The lowest BCUT2D eigenvalue weighted by Gasteiger charge is -2.21. The van der Waals surface area contributed by atoms with E-state index in [-0.39, 0.29) is 23.6 Å². The minimum atomic E-state index is -5.20. The number of nitrogens with two attached hydrogens (primary N) is 1. The van der Waals surface area contributed by atoms with Crippen molar-refractivity contribution in [1.29, 1.82) is 0 Å². The van der Waals surface area contributed by atoms with Crippen LogP contribution in [-0.4, -0.2) is 26.6 Å². The lowest BCUT2D eigenvalue weighted by Crippen LogP contribution is -2.22. The zero-order valence-electron chi connectivity index (χ0n) is 29.6. The van der Waals surface area contributed by atoms with Crippen molar-refractivity contribution < 1.29 is 53.4 Å². The van der Waals surface area contributed by atoms with Gasteiger partial charge >= 0.3 is 12.5 Å². The molecule has 53 heavy (non-hydrogen) atoms. The SMILES string of the molecule is C#C.C#C.C/C=C(\C(F)=C/Cc1ccc(C)cc1F)c1cc(F)c(C(F)(F)OC(/C=C(/F)COC(F)(F)F)=C/C)c(F)c1.C=CCC/C(=C/N)CNC. The number of rotatable bonds is 15. The first-order valence-corrected chi connectivity index (χ1v) is 15.3. The second-order valence-electron chi connectivity index (χ2n) is 10.2. The maximum absolute atomic E-state index is 14.8. The first-order chi connectivity index (χ1) is 24.9. The van der Waals surface area contributed by atoms with Crippen LogP contribution in [0.5, 0.6) is 0 Å². The second kappa shape index (κ2) is 25.7. The number of benzene rings is 2. The molecule has 2 aromatic rings. The quantitative estimate of drug-likeness (QED) is 0.0624. The van der Waals surface area contributed by atoms with Gasteiger partial charge < -0.3 is 15.8 Å². The van der Waals surface area contributed by atoms with Crippen LogP contribution in [0.25, 0.3) is 5.57 Å². The highest BCUT2D eigenvalue weighted by atomic mass is 19.4. The van der Waals surface area contributed by atoms with Crippen LogP contribution in [0.15, 0.2) is 96.5 Å². The van der Waals surface area contributed by atoms with E-state index in [0.717, 1.165) is 38.5 Å². The number of hydrogen-bond acceptors (Lipinski definition) is 4. The van der Waals surface area contributed by atoms with E-state index in [1.54, 1.807) is 19.2 Å². The molecule has 0 atom stereocenters. The number of ether oxygens (including phenoxy) is 2. The first kappa shape index (κ1) is 49.9. The highest BCUT2D eigenvalue weighted by Crippen LogP contribution is 2.38. The van der Waals surface area contributed by atoms with Crippen LogP contribution in [-0.2, 0) is 22.0 Å². The third-order valence-electron chi connectivity index (χ3n) is 6.41. The number of hydrogen-bond donors (Lipinski definition) is 2. The smallest absolute Gasteiger partial charge is 0.429 e. The molecule has 0 heterocycles. The van der Waals surface area contributed by atoms with Gasteiger partial charge in [-0.15, -0.1) is 45.4 Å². The van der Waals surface area contributed by atoms with Crippen LogP contribution >= 0.6 is 0 Å². The van der Waals surface area contributed by atoms with Gasteiger partial charge in [0.2, 0.25) is 0 Å². The molecule has 0 aliphatic carbocycles. The van der Waals surface area contributed by atoms with Gasteiger partial charge in [-0.05, 0) is 106 Å². The summed E-state index contributed by atoms with van der Waals surface area (Å²) in [4.78, 5) is 0. The summed E-state index contributed by atoms with van der Waals surface area (Å²) in [7, 11) is 1.91. The molecule has 0 radical (unpaired) electrons. The summed E-state index contributed by atoms with van der Waals surface area (Å²) in [5, 5.41) is 3.05. The van der Waals surface area contributed by atoms with Crippen molar-refractivity contribution in [3.63, 3.8) is 0 Å². The monoisotopic (exact) mass is 760 g/mol. The fraction of sp³-hybridized carbons (Fsp3) is 0.282. The molecular formula is C39H42F10N2O2. The molecule has 290 valence electrons. The molecule has 0 fully saturated rings. The summed E-state index contributed by atoms with van der Waals surface area (Å²) in [5.74, 6) is -8.03. The van der Waals surface area contributed by atoms with Crippen molar-refractivity contribution in [3.05, 3.63) is 136 Å². The number of alkyl halides is 5. The third-order valence-corrected chi connectivity index (χ3v) is 6.41. The first-order valence-electron chi connectivity index (χ1n) is 15.3. The average Bonchev–Trinajstić information content (AvgIpc) is 3.10. The predicted octanol–water partition coefficient (Wildman–Crippen LogP) is 10.8. The van der Waals surface area contributed by atoms with E-state index in [2.05, 4.69) is 47.1 Å². The summed E-state index contributed by atoms with van der Waals surface area (Å²) >= 11 is 0. The minimum absolute atomic E-state index is 0.124. The van der Waals surface area contributed by atoms with Crippen LogP contribution < -0.4 is 11.1 Å². The predicted molar refractivity (Wildman–Crippen MR) is 189 cm³/mol. The number of nitrogens with one attached hydrogen (secondary N) is 1. The number of halogens is 10. The van der Waals surface area contributed by atoms with Gasteiger partial charge in [-0.2, -0.15) is 8.78 Å². The van der Waals surface area contributed by atoms with Crippen molar-refractivity contribution in [2.24, 2.45) is 5.73 Å². The Bertz CT molecular complexity index is 1620. The minimum Gasteiger partial charge on any atom is -0.429 e. The van der Waals surface area contributed by atoms with E-state index in [9.17, 15) is 43.9 Å². The molecule has 14 heteroatoms. The van der Waals surface area contributed by atoms with Crippen LogP contribution in [0.4, 0.5) is 43.9 Å². The molecule has 0 spiro atoms. The summed E-state index contributed by atoms with van der Waals surface area (Å²) in [6.07, 6.45) is 14.3. The van der Waals surface area contributed by atoms with Gasteiger partial charge in [0.05, 0.1) is 0 Å². The average molecular weight is 761 g/mol. The summed E-state index contributed by atoms with van der Waals surface area (Å²) in [6, 6.07) is 5.10. The molecule has 2 rings (SSSR count). The molecule has 0 amide bonds. The van der Waals surface area contributed by atoms with Crippen molar-refractivity contribution in [2.75, 3.05) is 20.2 Å². The summed E-state index contributed by atoms with van der Waals surface area (Å²) in [6.45, 7) is 6.88. The van der Waals surface area contributed by atoms with Gasteiger partial charge in [0.15, 0.2) is 0 Å². The maximum Gasteiger partial charge on any atom is 0.522 e. The Labute approximate surface area is 304 Å². The molecule has 0 unspecified atom stereocenters. The molecule has 0 aromatic heterocycles. The van der Waals surface area contributed by atoms with E-state index < -0.39 is 65.1 Å². The zero-order chi connectivity index (χ0) is 41.4. The Morgan fingerprint density at radius 1 is 0.925 bits per heavy atom. The molecule has 0 bridgehead atoms. The highest BCUT2D eigenvalue weighted by Gasteiger charge is 2.41. The van der Waals surface area contributed by atoms with Crippen molar-refractivity contribution in [1.82, 2.24) is 5.32 Å². The summed E-state index contributed by atoms with van der Waals surface area (Å²) < 4.78 is 145. The Kier molecular flexibility index (Phi) is 24.2. The normalized spacial score (nSPS) is 12.7. The van der Waals surface area contributed by atoms with Gasteiger partial charge in [0.1, 0.15) is 47.0 Å². The van der Waals surface area contributed by atoms with Gasteiger partial charge in [-0.25, -0.2) is 22.0 Å². The fourth-order valence-electron chi connectivity index (χ4n) is 4.04. The Hall–Kier alpha value is -5.18. The summed E-state index contributed by atoms with van der Waals surface area (Å²) in [5.41, 5.74) is 4.63. The van der Waals surface area contributed by atoms with Gasteiger partial charge in [0.25, 0.3) is 0 Å². The molecule has 4 nitrogen and oxygen atoms in total. The van der Waals surface area contributed by atoms with Crippen molar-refractivity contribution in [2.45, 2.75) is 52.5 Å². The van der Waals surface area contributed by atoms with Gasteiger partial charge in [-0.1, -0.05) is 24.3 Å². The Morgan fingerprint density at radius 2 is 1.51 bits per heavy atom. The lowest BCUT2D eigenvalue weighted by atomic mass is 9.99. The number of terminal acetylenes is 2. The van der Waals surface area contributed by atoms with E-state index in [1.807, 2.05) is 13.1 Å². The number of likely N-dealkylation sites (N-methyl/N-ethyl adjacent to an activating group) is 1. The van der Waals surface area contributed by atoms with Crippen molar-refractivity contribution in [3.8, 4) is 25.7 Å². The van der Waals surface area contributed by atoms with Crippen molar-refractivity contribution >= 4 is 5.57 Å². The molecule has 0 aliphatic rings. The Morgan fingerprint density at radius 3 is 1.96 bits per heavy atom. The molecule has 2 aromatic carbocycles. The van der Waals surface area contributed by atoms with Crippen LogP contribution in [0, 0.1) is 50.1 Å². The second-order valence-corrected chi connectivity index (χ2v) is 10.2. The standard InChI is InChI=1S/C27H22F10O2.C8H16N2.2C2H2/c1-4-19(13-18(28)14-38-27(35,36)37)39-26(33,34)25-23(31)11-17(12-24(25)32)20(5-2)21(29)9-8-16-7-6-15(3)10-22(16)30;1-3-4-5-8(6-9)7-10-2;2*1-2/h4-7,9-13H,8,14H2,1-3H3;3,6,10H,1,4-5,7,9H2,2H3;2*1-2H/b18-13+,19-4+,20-5-,21-9+;8-6-;;. The molecular weight excluding hydrogens is 718 g/mol. The number of allylic oxidation sites excluding steroid dienone is 7. The van der Waals surface area contributed by atoms with Crippen LogP contribution in [0.2, 0.25) is 0 Å².